The Kier molecular flexibility index (Phi) is 2.90. The van der Waals surface area contributed by atoms with Crippen LogP contribution < -0.4 is 15.4 Å². The number of fused-ring (bicyclic) bond motifs is 2. The summed E-state index contributed by atoms with van der Waals surface area (Å²) in [5.74, 6) is 0.839. The van der Waals surface area contributed by atoms with E-state index in [-0.39, 0.29) is 5.54 Å². The summed E-state index contributed by atoms with van der Waals surface area (Å²) in [4.78, 5) is 11.7. The predicted octanol–water partition coefficient (Wildman–Crippen LogP) is 2.61. The molecule has 1 spiro atoms. The maximum absolute atomic E-state index is 11.7. The van der Waals surface area contributed by atoms with Crippen LogP contribution in [0.15, 0.2) is 18.2 Å². The van der Waals surface area contributed by atoms with Crippen LogP contribution >= 0.6 is 0 Å². The highest BCUT2D eigenvalue weighted by Crippen LogP contribution is 2.43. The van der Waals surface area contributed by atoms with Crippen LogP contribution in [0.4, 0.5) is 10.5 Å². The number of benzene rings is 1. The largest absolute Gasteiger partial charge is 0.491 e. The molecule has 1 fully saturated rings. The van der Waals surface area contributed by atoms with E-state index in [1.165, 1.54) is 5.56 Å². The van der Waals surface area contributed by atoms with Gasteiger partial charge < -0.3 is 14.8 Å². The van der Waals surface area contributed by atoms with E-state index in [0.29, 0.717) is 12.3 Å². The molecule has 0 unspecified atom stereocenters. The Bertz CT molecular complexity index is 545. The zero-order valence-corrected chi connectivity index (χ0v) is 12.1. The van der Waals surface area contributed by atoms with E-state index in [4.69, 9.17) is 9.47 Å². The van der Waals surface area contributed by atoms with Crippen molar-refractivity contribution < 1.29 is 14.3 Å². The summed E-state index contributed by atoms with van der Waals surface area (Å²) in [6, 6.07) is 5.76. The van der Waals surface area contributed by atoms with Crippen LogP contribution in [0.3, 0.4) is 0 Å². The zero-order chi connectivity index (χ0) is 14.4. The SMILES string of the molecule is CC(C)(C)OC(=O)Nc1ccc2c(c1)OC[C@]21CCN1. The number of hydrogen-bond donors (Lipinski definition) is 2. The normalized spacial score (nSPS) is 23.8. The monoisotopic (exact) mass is 276 g/mol. The number of hydrogen-bond acceptors (Lipinski definition) is 4. The Hall–Kier alpha value is -1.75. The van der Waals surface area contributed by atoms with Gasteiger partial charge in [-0.05, 0) is 39.8 Å². The quantitative estimate of drug-likeness (QED) is 0.827. The van der Waals surface area contributed by atoms with Gasteiger partial charge in [0.25, 0.3) is 0 Å². The van der Waals surface area contributed by atoms with Gasteiger partial charge in [-0.2, -0.15) is 0 Å². The van der Waals surface area contributed by atoms with Crippen molar-refractivity contribution in [2.75, 3.05) is 18.5 Å². The highest BCUT2D eigenvalue weighted by molar-refractivity contribution is 5.85. The van der Waals surface area contributed by atoms with Crippen LogP contribution in [-0.2, 0) is 10.3 Å². The fourth-order valence-electron chi connectivity index (χ4n) is 2.59. The molecule has 5 nitrogen and oxygen atoms in total. The van der Waals surface area contributed by atoms with Gasteiger partial charge in [-0.3, -0.25) is 5.32 Å². The summed E-state index contributed by atoms with van der Waals surface area (Å²) < 4.78 is 11.0. The molecule has 2 aliphatic rings. The van der Waals surface area contributed by atoms with Crippen molar-refractivity contribution in [2.45, 2.75) is 38.3 Å². The molecular formula is C15H20N2O3. The average molecular weight is 276 g/mol. The van der Waals surface area contributed by atoms with Gasteiger partial charge in [-0.1, -0.05) is 6.07 Å². The Morgan fingerprint density at radius 3 is 2.80 bits per heavy atom. The molecule has 0 radical (unpaired) electrons. The molecule has 0 aliphatic carbocycles. The first-order chi connectivity index (χ1) is 9.38. The molecule has 0 aromatic heterocycles. The number of carbonyl (C=O) groups is 1. The van der Waals surface area contributed by atoms with Gasteiger partial charge in [-0.15, -0.1) is 0 Å². The van der Waals surface area contributed by atoms with Crippen LogP contribution in [0.5, 0.6) is 5.75 Å². The number of nitrogens with one attached hydrogen (secondary N) is 2. The third kappa shape index (κ3) is 2.33. The van der Waals surface area contributed by atoms with E-state index in [1.54, 1.807) is 0 Å². The van der Waals surface area contributed by atoms with Gasteiger partial charge in [-0.25, -0.2) is 4.79 Å². The minimum Gasteiger partial charge on any atom is -0.491 e. The molecule has 1 atom stereocenters. The summed E-state index contributed by atoms with van der Waals surface area (Å²) in [6.07, 6.45) is 0.644. The highest BCUT2D eigenvalue weighted by Gasteiger charge is 2.45. The summed E-state index contributed by atoms with van der Waals surface area (Å²) in [6.45, 7) is 7.21. The van der Waals surface area contributed by atoms with Gasteiger partial charge in [0, 0.05) is 17.3 Å². The summed E-state index contributed by atoms with van der Waals surface area (Å²) >= 11 is 0. The lowest BCUT2D eigenvalue weighted by Gasteiger charge is -2.38. The van der Waals surface area contributed by atoms with Crippen LogP contribution in [0.25, 0.3) is 0 Å². The van der Waals surface area contributed by atoms with Crippen LogP contribution in [-0.4, -0.2) is 24.8 Å². The molecule has 1 saturated heterocycles. The van der Waals surface area contributed by atoms with Crippen molar-refractivity contribution in [1.82, 2.24) is 5.32 Å². The molecule has 108 valence electrons. The van der Waals surface area contributed by atoms with Gasteiger partial charge in [0.05, 0.1) is 5.54 Å². The van der Waals surface area contributed by atoms with E-state index in [9.17, 15) is 4.79 Å². The Morgan fingerprint density at radius 2 is 2.20 bits per heavy atom. The van der Waals surface area contributed by atoms with Crippen molar-refractivity contribution in [3.63, 3.8) is 0 Å². The van der Waals surface area contributed by atoms with Gasteiger partial charge >= 0.3 is 6.09 Å². The van der Waals surface area contributed by atoms with Crippen molar-refractivity contribution in [1.29, 1.82) is 0 Å². The van der Waals surface area contributed by atoms with Crippen LogP contribution in [0.1, 0.15) is 32.8 Å². The third-order valence-electron chi connectivity index (χ3n) is 3.63. The molecule has 1 aromatic carbocycles. The maximum Gasteiger partial charge on any atom is 0.412 e. The lowest BCUT2D eigenvalue weighted by molar-refractivity contribution is 0.0636. The second-order valence-corrected chi connectivity index (χ2v) is 6.39. The topological polar surface area (TPSA) is 59.6 Å². The van der Waals surface area contributed by atoms with Crippen molar-refractivity contribution in [3.05, 3.63) is 23.8 Å². The van der Waals surface area contributed by atoms with Gasteiger partial charge in [0.1, 0.15) is 18.0 Å². The minimum absolute atomic E-state index is 0.000216. The fraction of sp³-hybridized carbons (Fsp3) is 0.533. The molecule has 2 N–H and O–H groups in total. The van der Waals surface area contributed by atoms with E-state index in [0.717, 1.165) is 18.7 Å². The van der Waals surface area contributed by atoms with E-state index in [2.05, 4.69) is 10.6 Å². The molecule has 2 aliphatic heterocycles. The average Bonchev–Trinajstić information content (AvgIpc) is 2.64. The number of anilines is 1. The summed E-state index contributed by atoms with van der Waals surface area (Å²) in [7, 11) is 0. The molecule has 2 heterocycles. The van der Waals surface area contributed by atoms with E-state index in [1.807, 2.05) is 39.0 Å². The lowest BCUT2D eigenvalue weighted by atomic mass is 9.83. The zero-order valence-electron chi connectivity index (χ0n) is 12.1. The van der Waals surface area contributed by atoms with Crippen LogP contribution in [0.2, 0.25) is 0 Å². The first-order valence-electron chi connectivity index (χ1n) is 6.90. The van der Waals surface area contributed by atoms with Gasteiger partial charge in [0.15, 0.2) is 0 Å². The number of ether oxygens (including phenoxy) is 2. The van der Waals surface area contributed by atoms with Gasteiger partial charge in [0.2, 0.25) is 0 Å². The smallest absolute Gasteiger partial charge is 0.412 e. The molecule has 1 aromatic rings. The number of rotatable bonds is 1. The van der Waals surface area contributed by atoms with Crippen LogP contribution in [0, 0.1) is 0 Å². The summed E-state index contributed by atoms with van der Waals surface area (Å²) in [5.41, 5.74) is 1.37. The summed E-state index contributed by atoms with van der Waals surface area (Å²) in [5, 5.41) is 6.16. The Labute approximate surface area is 118 Å². The second-order valence-electron chi connectivity index (χ2n) is 6.39. The molecule has 3 rings (SSSR count). The lowest BCUT2D eigenvalue weighted by Crippen LogP contribution is -2.55. The maximum atomic E-state index is 11.7. The van der Waals surface area contributed by atoms with Crippen molar-refractivity contribution in [2.24, 2.45) is 0 Å². The second kappa shape index (κ2) is 4.38. The molecule has 1 amide bonds. The van der Waals surface area contributed by atoms with Crippen molar-refractivity contribution in [3.8, 4) is 5.75 Å². The van der Waals surface area contributed by atoms with E-state index >= 15 is 0 Å². The number of amides is 1. The Balaban J connectivity index is 1.72. The number of carbonyl (C=O) groups excluding carboxylic acids is 1. The molecular weight excluding hydrogens is 256 g/mol. The van der Waals surface area contributed by atoms with Crippen molar-refractivity contribution >= 4 is 11.8 Å². The fourth-order valence-corrected chi connectivity index (χ4v) is 2.59. The molecule has 0 saturated carbocycles. The standard InChI is InChI=1S/C15H20N2O3/c1-14(2,3)20-13(18)17-10-4-5-11-12(8-10)19-9-15(11)6-7-16-15/h4-5,8,16H,6-7,9H2,1-3H3,(H,17,18)/t15-/m1/s1. The molecule has 0 bridgehead atoms. The van der Waals surface area contributed by atoms with E-state index < -0.39 is 11.7 Å². The Morgan fingerprint density at radius 1 is 1.45 bits per heavy atom. The minimum atomic E-state index is -0.503. The highest BCUT2D eigenvalue weighted by atomic mass is 16.6. The molecule has 20 heavy (non-hydrogen) atoms. The third-order valence-corrected chi connectivity index (χ3v) is 3.63. The first-order valence-corrected chi connectivity index (χ1v) is 6.90. The molecule has 5 heteroatoms. The first kappa shape index (κ1) is 13.2. The predicted molar refractivity (Wildman–Crippen MR) is 76.1 cm³/mol.